The molecule has 1 aliphatic heterocycles. The van der Waals surface area contributed by atoms with E-state index in [9.17, 15) is 9.90 Å². The van der Waals surface area contributed by atoms with E-state index in [1.54, 1.807) is 0 Å². The number of ether oxygens (including phenoxy) is 2. The van der Waals surface area contributed by atoms with Crippen molar-refractivity contribution < 1.29 is 19.4 Å². The number of carbonyl (C=O) groups is 1. The first-order valence-corrected chi connectivity index (χ1v) is 7.01. The van der Waals surface area contributed by atoms with Crippen LogP contribution in [0.25, 0.3) is 0 Å². The SMILES string of the molecule is C[C@H]1OC(=O)CC[C@@]1(C)[C@@H](O)COCc1ccccc1. The Morgan fingerprint density at radius 1 is 1.45 bits per heavy atom. The largest absolute Gasteiger partial charge is 0.462 e. The molecule has 3 atom stereocenters. The Balaban J connectivity index is 1.85. The van der Waals surface area contributed by atoms with Crippen LogP contribution in [0.5, 0.6) is 0 Å². The molecule has 0 bridgehead atoms. The summed E-state index contributed by atoms with van der Waals surface area (Å²) in [4.78, 5) is 11.2. The highest BCUT2D eigenvalue weighted by Gasteiger charge is 2.44. The number of carbonyl (C=O) groups excluding carboxylic acids is 1. The Bertz CT molecular complexity index is 445. The van der Waals surface area contributed by atoms with Crippen LogP contribution in [-0.2, 0) is 20.9 Å². The number of aliphatic hydroxyl groups is 1. The van der Waals surface area contributed by atoms with Crippen molar-refractivity contribution in [2.45, 2.75) is 45.5 Å². The molecule has 1 aromatic rings. The third-order valence-electron chi connectivity index (χ3n) is 4.25. The first-order valence-electron chi connectivity index (χ1n) is 7.01. The zero-order valence-corrected chi connectivity index (χ0v) is 12.0. The van der Waals surface area contributed by atoms with E-state index in [0.717, 1.165) is 5.56 Å². The maximum Gasteiger partial charge on any atom is 0.306 e. The van der Waals surface area contributed by atoms with Gasteiger partial charge in [0.1, 0.15) is 6.10 Å². The molecule has 0 amide bonds. The maximum atomic E-state index is 11.2. The number of benzene rings is 1. The highest BCUT2D eigenvalue weighted by molar-refractivity contribution is 5.70. The standard InChI is InChI=1S/C16H22O4/c1-12-16(2,9-8-15(18)20-12)14(17)11-19-10-13-6-4-3-5-7-13/h3-7,12,14,17H,8-11H2,1-2H3/t12-,14+,16-/m1/s1. The predicted octanol–water partition coefficient (Wildman–Crippen LogP) is 2.30. The van der Waals surface area contributed by atoms with Crippen LogP contribution in [0.2, 0.25) is 0 Å². The van der Waals surface area contributed by atoms with Crippen LogP contribution in [0.1, 0.15) is 32.3 Å². The summed E-state index contributed by atoms with van der Waals surface area (Å²) in [6, 6.07) is 9.84. The van der Waals surface area contributed by atoms with Crippen molar-refractivity contribution in [3.8, 4) is 0 Å². The molecular weight excluding hydrogens is 256 g/mol. The molecule has 2 rings (SSSR count). The minimum absolute atomic E-state index is 0.188. The van der Waals surface area contributed by atoms with Crippen molar-refractivity contribution in [2.24, 2.45) is 5.41 Å². The molecule has 110 valence electrons. The van der Waals surface area contributed by atoms with E-state index >= 15 is 0 Å². The Morgan fingerprint density at radius 2 is 2.15 bits per heavy atom. The van der Waals surface area contributed by atoms with Crippen LogP contribution in [0.3, 0.4) is 0 Å². The van der Waals surface area contributed by atoms with Gasteiger partial charge in [-0.2, -0.15) is 0 Å². The summed E-state index contributed by atoms with van der Waals surface area (Å²) in [5.41, 5.74) is 0.637. The van der Waals surface area contributed by atoms with Crippen molar-refractivity contribution in [3.05, 3.63) is 35.9 Å². The average molecular weight is 278 g/mol. The van der Waals surface area contributed by atoms with Gasteiger partial charge >= 0.3 is 5.97 Å². The number of aliphatic hydroxyl groups excluding tert-OH is 1. The lowest BCUT2D eigenvalue weighted by Gasteiger charge is -2.41. The lowest BCUT2D eigenvalue weighted by atomic mass is 9.74. The maximum absolute atomic E-state index is 11.2. The summed E-state index contributed by atoms with van der Waals surface area (Å²) in [6.45, 7) is 4.49. The van der Waals surface area contributed by atoms with Crippen LogP contribution >= 0.6 is 0 Å². The lowest BCUT2D eigenvalue weighted by molar-refractivity contribution is -0.177. The van der Waals surface area contributed by atoms with Crippen LogP contribution < -0.4 is 0 Å². The second kappa shape index (κ2) is 6.37. The second-order valence-electron chi connectivity index (χ2n) is 5.65. The molecule has 0 aromatic heterocycles. The number of cyclic esters (lactones) is 1. The predicted molar refractivity (Wildman–Crippen MR) is 75.0 cm³/mol. The molecule has 0 radical (unpaired) electrons. The van der Waals surface area contributed by atoms with Gasteiger partial charge < -0.3 is 14.6 Å². The highest BCUT2D eigenvalue weighted by atomic mass is 16.5. The van der Waals surface area contributed by atoms with Gasteiger partial charge in [0.2, 0.25) is 0 Å². The minimum Gasteiger partial charge on any atom is -0.462 e. The summed E-state index contributed by atoms with van der Waals surface area (Å²) in [7, 11) is 0. The third kappa shape index (κ3) is 3.38. The Hall–Kier alpha value is -1.39. The van der Waals surface area contributed by atoms with Crippen LogP contribution in [-0.4, -0.2) is 29.9 Å². The molecule has 0 saturated carbocycles. The first kappa shape index (κ1) is 15.0. The summed E-state index contributed by atoms with van der Waals surface area (Å²) in [6.07, 6.45) is 0.0489. The molecule has 1 N–H and O–H groups in total. The van der Waals surface area contributed by atoms with Crippen molar-refractivity contribution >= 4 is 5.97 Å². The molecule has 4 nitrogen and oxygen atoms in total. The number of esters is 1. The normalized spacial score (nSPS) is 27.9. The van der Waals surface area contributed by atoms with Crippen molar-refractivity contribution in [1.29, 1.82) is 0 Å². The molecule has 1 aliphatic rings. The van der Waals surface area contributed by atoms with E-state index in [0.29, 0.717) is 19.4 Å². The summed E-state index contributed by atoms with van der Waals surface area (Å²) in [5.74, 6) is -0.188. The van der Waals surface area contributed by atoms with Crippen LogP contribution in [0.4, 0.5) is 0 Å². The zero-order valence-electron chi connectivity index (χ0n) is 12.0. The van der Waals surface area contributed by atoms with Gasteiger partial charge in [-0.15, -0.1) is 0 Å². The van der Waals surface area contributed by atoms with Gasteiger partial charge in [0.25, 0.3) is 0 Å². The fourth-order valence-electron chi connectivity index (χ4n) is 2.46. The van der Waals surface area contributed by atoms with Gasteiger partial charge in [-0.1, -0.05) is 37.3 Å². The molecule has 0 aliphatic carbocycles. The summed E-state index contributed by atoms with van der Waals surface area (Å²) >= 11 is 0. The van der Waals surface area contributed by atoms with E-state index in [2.05, 4.69) is 0 Å². The number of hydrogen-bond donors (Lipinski definition) is 1. The van der Waals surface area contributed by atoms with E-state index in [-0.39, 0.29) is 18.7 Å². The lowest BCUT2D eigenvalue weighted by Crippen LogP contribution is -2.49. The monoisotopic (exact) mass is 278 g/mol. The summed E-state index contributed by atoms with van der Waals surface area (Å²) in [5, 5.41) is 10.4. The van der Waals surface area contributed by atoms with Gasteiger partial charge in [0.05, 0.1) is 19.3 Å². The van der Waals surface area contributed by atoms with Crippen molar-refractivity contribution in [3.63, 3.8) is 0 Å². The van der Waals surface area contributed by atoms with Crippen LogP contribution in [0, 0.1) is 5.41 Å². The number of hydrogen-bond acceptors (Lipinski definition) is 4. The Labute approximate surface area is 119 Å². The second-order valence-corrected chi connectivity index (χ2v) is 5.65. The van der Waals surface area contributed by atoms with Crippen LogP contribution in [0.15, 0.2) is 30.3 Å². The average Bonchev–Trinajstić information content (AvgIpc) is 2.44. The minimum atomic E-state index is -0.644. The highest BCUT2D eigenvalue weighted by Crippen LogP contribution is 2.37. The summed E-state index contributed by atoms with van der Waals surface area (Å²) < 4.78 is 10.8. The Kier molecular flexibility index (Phi) is 4.78. The van der Waals surface area contributed by atoms with Gasteiger partial charge in [-0.3, -0.25) is 4.79 Å². The van der Waals surface area contributed by atoms with Gasteiger partial charge in [0, 0.05) is 11.8 Å². The first-order chi connectivity index (χ1) is 9.52. The fourth-order valence-corrected chi connectivity index (χ4v) is 2.46. The Morgan fingerprint density at radius 3 is 2.80 bits per heavy atom. The molecular formula is C16H22O4. The third-order valence-corrected chi connectivity index (χ3v) is 4.25. The molecule has 0 spiro atoms. The van der Waals surface area contributed by atoms with Crippen molar-refractivity contribution in [1.82, 2.24) is 0 Å². The molecule has 1 saturated heterocycles. The molecule has 1 heterocycles. The smallest absolute Gasteiger partial charge is 0.306 e. The zero-order chi connectivity index (χ0) is 14.6. The van der Waals surface area contributed by atoms with E-state index < -0.39 is 11.5 Å². The van der Waals surface area contributed by atoms with Crippen molar-refractivity contribution in [2.75, 3.05) is 6.61 Å². The molecule has 4 heteroatoms. The van der Waals surface area contributed by atoms with E-state index in [1.165, 1.54) is 0 Å². The topological polar surface area (TPSA) is 55.8 Å². The van der Waals surface area contributed by atoms with E-state index in [1.807, 2.05) is 44.2 Å². The fraction of sp³-hybridized carbons (Fsp3) is 0.562. The molecule has 1 fully saturated rings. The molecule has 20 heavy (non-hydrogen) atoms. The van der Waals surface area contributed by atoms with E-state index in [4.69, 9.17) is 9.47 Å². The molecule has 1 aromatic carbocycles. The quantitative estimate of drug-likeness (QED) is 0.840. The molecule has 0 unspecified atom stereocenters. The van der Waals surface area contributed by atoms with Gasteiger partial charge in [-0.05, 0) is 18.9 Å². The number of rotatable bonds is 5. The van der Waals surface area contributed by atoms with Gasteiger partial charge in [0.15, 0.2) is 0 Å². The van der Waals surface area contributed by atoms with Gasteiger partial charge in [-0.25, -0.2) is 0 Å².